The number of benzene rings is 1. The van der Waals surface area contributed by atoms with Gasteiger partial charge in [-0.3, -0.25) is 9.59 Å². The molecule has 2 aliphatic heterocycles. The van der Waals surface area contributed by atoms with Crippen molar-refractivity contribution in [3.63, 3.8) is 0 Å². The average molecular weight is 396 g/mol. The fraction of sp³-hybridized carbons (Fsp3) is 0.429. The number of likely N-dealkylation sites (tertiary alicyclic amines) is 1. The lowest BCUT2D eigenvalue weighted by Crippen LogP contribution is -2.33. The van der Waals surface area contributed by atoms with Gasteiger partial charge in [0.25, 0.3) is 11.8 Å². The summed E-state index contributed by atoms with van der Waals surface area (Å²) in [5.74, 6) is 0.575. The van der Waals surface area contributed by atoms with Crippen LogP contribution in [0.3, 0.4) is 0 Å². The highest BCUT2D eigenvalue weighted by Crippen LogP contribution is 2.22. The summed E-state index contributed by atoms with van der Waals surface area (Å²) < 4.78 is 0. The molecule has 8 nitrogen and oxygen atoms in total. The minimum Gasteiger partial charge on any atom is -0.368 e. The number of rotatable bonds is 5. The van der Waals surface area contributed by atoms with Crippen molar-refractivity contribution in [2.45, 2.75) is 26.8 Å². The first kappa shape index (κ1) is 20.7. The minimum absolute atomic E-state index is 0. The molecule has 0 bridgehead atoms. The number of aromatic nitrogens is 2. The first-order valence-electron chi connectivity index (χ1n) is 9.56. The Morgan fingerprint density at radius 3 is 2.79 bits per heavy atom. The molecule has 0 aliphatic carbocycles. The quantitative estimate of drug-likeness (QED) is 0.718. The second-order valence-electron chi connectivity index (χ2n) is 7.39. The van der Waals surface area contributed by atoms with Crippen LogP contribution in [0.1, 0.15) is 46.7 Å². The Bertz CT molecular complexity index is 892. The Balaban J connectivity index is 0.00000240. The Kier molecular flexibility index (Phi) is 6.43. The van der Waals surface area contributed by atoms with E-state index >= 15 is 0 Å². The first-order valence-corrected chi connectivity index (χ1v) is 9.56. The number of carbonyl (C=O) groups excluding carboxylic acids is 2. The van der Waals surface area contributed by atoms with Crippen molar-refractivity contribution in [1.82, 2.24) is 20.2 Å². The molecule has 0 atom stereocenters. The van der Waals surface area contributed by atoms with E-state index in [2.05, 4.69) is 37.9 Å². The van der Waals surface area contributed by atoms with Gasteiger partial charge >= 0.3 is 0 Å². The van der Waals surface area contributed by atoms with Crippen LogP contribution in [0.25, 0.3) is 0 Å². The number of hydrogen-bond donors (Lipinski definition) is 3. The highest BCUT2D eigenvalue weighted by molar-refractivity contribution is 6.07. The van der Waals surface area contributed by atoms with Crippen molar-refractivity contribution in [3.8, 4) is 0 Å². The maximum atomic E-state index is 12.7. The predicted molar refractivity (Wildman–Crippen MR) is 113 cm³/mol. The van der Waals surface area contributed by atoms with E-state index in [4.69, 9.17) is 0 Å². The molecule has 1 saturated heterocycles. The molecule has 154 valence electrons. The van der Waals surface area contributed by atoms with Crippen LogP contribution in [-0.4, -0.2) is 53.4 Å². The van der Waals surface area contributed by atoms with Crippen LogP contribution < -0.4 is 16.0 Å². The summed E-state index contributed by atoms with van der Waals surface area (Å²) in [6.07, 6.45) is 5.34. The van der Waals surface area contributed by atoms with Crippen molar-refractivity contribution in [2.24, 2.45) is 5.92 Å². The molecule has 0 radical (unpaired) electrons. The van der Waals surface area contributed by atoms with Gasteiger partial charge in [0.1, 0.15) is 0 Å². The van der Waals surface area contributed by atoms with Gasteiger partial charge in [0.15, 0.2) is 11.5 Å². The Hall–Kier alpha value is -3.00. The fourth-order valence-electron chi connectivity index (χ4n) is 3.62. The van der Waals surface area contributed by atoms with E-state index in [0.29, 0.717) is 29.5 Å². The van der Waals surface area contributed by atoms with Gasteiger partial charge in [0.2, 0.25) is 0 Å². The molecule has 4 rings (SSSR count). The molecule has 0 saturated carbocycles. The molecule has 29 heavy (non-hydrogen) atoms. The van der Waals surface area contributed by atoms with E-state index in [1.165, 1.54) is 6.20 Å². The zero-order valence-electron chi connectivity index (χ0n) is 15.9. The normalized spacial score (nSPS) is 16.5. The molecule has 1 fully saturated rings. The van der Waals surface area contributed by atoms with Crippen LogP contribution in [0.4, 0.5) is 11.5 Å². The van der Waals surface area contributed by atoms with Crippen LogP contribution in [0.2, 0.25) is 0 Å². The van der Waals surface area contributed by atoms with E-state index in [9.17, 15) is 9.59 Å². The summed E-state index contributed by atoms with van der Waals surface area (Å²) in [4.78, 5) is 35.4. The lowest BCUT2D eigenvalue weighted by molar-refractivity contribution is 0.0964. The van der Waals surface area contributed by atoms with Gasteiger partial charge in [-0.25, -0.2) is 9.97 Å². The molecule has 2 aliphatic rings. The van der Waals surface area contributed by atoms with Crippen LogP contribution in [0, 0.1) is 5.92 Å². The van der Waals surface area contributed by atoms with Crippen molar-refractivity contribution in [3.05, 3.63) is 47.4 Å². The SMILES string of the molecule is C.CN1CCC(CNc2nccnc2C(=O)Nc2ccc3c(c2)C(=O)NC3)CC1. The number of carbonyl (C=O) groups is 2. The monoisotopic (exact) mass is 396 g/mol. The van der Waals surface area contributed by atoms with Crippen molar-refractivity contribution < 1.29 is 9.59 Å². The highest BCUT2D eigenvalue weighted by Gasteiger charge is 2.21. The molecular formula is C21H28N6O2. The second kappa shape index (κ2) is 9.00. The van der Waals surface area contributed by atoms with Crippen molar-refractivity contribution in [1.29, 1.82) is 0 Å². The molecule has 0 unspecified atom stereocenters. The van der Waals surface area contributed by atoms with E-state index in [1.807, 2.05) is 6.07 Å². The number of hydrogen-bond acceptors (Lipinski definition) is 6. The van der Waals surface area contributed by atoms with Gasteiger partial charge in [-0.2, -0.15) is 0 Å². The highest BCUT2D eigenvalue weighted by atomic mass is 16.2. The van der Waals surface area contributed by atoms with Gasteiger partial charge in [0.05, 0.1) is 0 Å². The third-order valence-corrected chi connectivity index (χ3v) is 5.36. The zero-order valence-corrected chi connectivity index (χ0v) is 15.9. The molecule has 2 amide bonds. The topological polar surface area (TPSA) is 99.2 Å². The summed E-state index contributed by atoms with van der Waals surface area (Å²) in [6, 6.07) is 5.33. The lowest BCUT2D eigenvalue weighted by Gasteiger charge is -2.29. The number of anilines is 2. The zero-order chi connectivity index (χ0) is 19.5. The van der Waals surface area contributed by atoms with E-state index in [0.717, 1.165) is 38.0 Å². The predicted octanol–water partition coefficient (Wildman–Crippen LogP) is 2.36. The van der Waals surface area contributed by atoms with Crippen molar-refractivity contribution in [2.75, 3.05) is 37.3 Å². The number of nitrogens with zero attached hydrogens (tertiary/aromatic N) is 3. The number of nitrogens with one attached hydrogen (secondary N) is 3. The largest absolute Gasteiger partial charge is 0.368 e. The molecular weight excluding hydrogens is 368 g/mol. The summed E-state index contributed by atoms with van der Waals surface area (Å²) in [6.45, 7) is 3.47. The molecule has 1 aromatic carbocycles. The molecule has 0 spiro atoms. The number of piperidine rings is 1. The van der Waals surface area contributed by atoms with Gasteiger partial charge in [-0.05, 0) is 56.6 Å². The second-order valence-corrected chi connectivity index (χ2v) is 7.39. The summed E-state index contributed by atoms with van der Waals surface area (Å²) in [5.41, 5.74) is 2.34. The first-order chi connectivity index (χ1) is 13.6. The summed E-state index contributed by atoms with van der Waals surface area (Å²) >= 11 is 0. The maximum absolute atomic E-state index is 12.7. The maximum Gasteiger partial charge on any atom is 0.278 e. The molecule has 2 aromatic rings. The van der Waals surface area contributed by atoms with Crippen LogP contribution in [0.5, 0.6) is 0 Å². The smallest absolute Gasteiger partial charge is 0.278 e. The van der Waals surface area contributed by atoms with Crippen LogP contribution in [0.15, 0.2) is 30.6 Å². The number of fused-ring (bicyclic) bond motifs is 1. The average Bonchev–Trinajstić information content (AvgIpc) is 3.08. The lowest BCUT2D eigenvalue weighted by atomic mass is 9.97. The standard InChI is InChI=1S/C20H24N6O2.CH4/c1-26-8-4-13(5-9-26)11-23-18-17(21-6-7-22-18)20(28)25-15-3-2-14-12-24-19(27)16(14)10-15;/h2-3,6-7,10,13H,4-5,8-9,11-12H2,1H3,(H,22,23)(H,24,27)(H,25,28);1H4. The summed E-state index contributed by atoms with van der Waals surface area (Å²) in [5, 5.41) is 8.89. The molecule has 1 aromatic heterocycles. The fourth-order valence-corrected chi connectivity index (χ4v) is 3.62. The number of amides is 2. The third kappa shape index (κ3) is 4.71. The van der Waals surface area contributed by atoms with E-state index in [1.54, 1.807) is 18.3 Å². The van der Waals surface area contributed by atoms with E-state index < -0.39 is 0 Å². The molecule has 3 N–H and O–H groups in total. The van der Waals surface area contributed by atoms with Crippen molar-refractivity contribution >= 4 is 23.3 Å². The van der Waals surface area contributed by atoms with E-state index in [-0.39, 0.29) is 24.9 Å². The van der Waals surface area contributed by atoms with Crippen LogP contribution >= 0.6 is 0 Å². The summed E-state index contributed by atoms with van der Waals surface area (Å²) in [7, 11) is 2.14. The van der Waals surface area contributed by atoms with Gasteiger partial charge in [-0.15, -0.1) is 0 Å². The molecule has 8 heteroatoms. The molecule has 3 heterocycles. The van der Waals surface area contributed by atoms with Crippen LogP contribution in [-0.2, 0) is 6.54 Å². The Morgan fingerprint density at radius 1 is 1.24 bits per heavy atom. The Labute approximate surface area is 171 Å². The van der Waals surface area contributed by atoms with Gasteiger partial charge in [-0.1, -0.05) is 13.5 Å². The minimum atomic E-state index is -0.350. The van der Waals surface area contributed by atoms with Gasteiger partial charge in [0, 0.05) is 36.7 Å². The third-order valence-electron chi connectivity index (χ3n) is 5.36. The van der Waals surface area contributed by atoms with Gasteiger partial charge < -0.3 is 20.9 Å². The Morgan fingerprint density at radius 2 is 2.00 bits per heavy atom.